The van der Waals surface area contributed by atoms with Crippen LogP contribution in [0.1, 0.15) is 28.9 Å². The summed E-state index contributed by atoms with van der Waals surface area (Å²) >= 11 is 0. The van der Waals surface area contributed by atoms with Gasteiger partial charge in [-0.2, -0.15) is 5.10 Å². The number of aromatic nitrogens is 3. The van der Waals surface area contributed by atoms with Crippen LogP contribution < -0.4 is 0 Å². The molecule has 136 valence electrons. The Bertz CT molecular complexity index is 1090. The third-order valence-electron chi connectivity index (χ3n) is 5.72. The van der Waals surface area contributed by atoms with Crippen molar-refractivity contribution in [3.8, 4) is 0 Å². The van der Waals surface area contributed by atoms with Crippen LogP contribution in [0.3, 0.4) is 0 Å². The van der Waals surface area contributed by atoms with Crippen LogP contribution >= 0.6 is 0 Å². The Kier molecular flexibility index (Phi) is 3.93. The van der Waals surface area contributed by atoms with Gasteiger partial charge >= 0.3 is 0 Å². The second kappa shape index (κ2) is 6.58. The lowest BCUT2D eigenvalue weighted by molar-refractivity contribution is 0.0685. The molecule has 1 aliphatic heterocycles. The summed E-state index contributed by atoms with van der Waals surface area (Å²) in [6.07, 6.45) is 5.03. The molecule has 2 aromatic heterocycles. The van der Waals surface area contributed by atoms with Gasteiger partial charge in [0.05, 0.1) is 11.7 Å². The minimum Gasteiger partial charge on any atom is -0.350 e. The summed E-state index contributed by atoms with van der Waals surface area (Å²) in [5.74, 6) is 0.751. The average molecular weight is 358 g/mol. The van der Waals surface area contributed by atoms with Crippen LogP contribution in [0.15, 0.2) is 54.7 Å². The summed E-state index contributed by atoms with van der Waals surface area (Å²) in [4.78, 5) is 18.2. The van der Waals surface area contributed by atoms with Gasteiger partial charge in [-0.05, 0) is 48.9 Å². The van der Waals surface area contributed by atoms with Crippen molar-refractivity contribution in [1.82, 2.24) is 20.1 Å². The van der Waals surface area contributed by atoms with Gasteiger partial charge in [0.25, 0.3) is 5.91 Å². The molecule has 0 unspecified atom stereocenters. The van der Waals surface area contributed by atoms with Gasteiger partial charge in [-0.25, -0.2) is 0 Å². The third-order valence-corrected chi connectivity index (χ3v) is 5.72. The number of piperidine rings is 1. The highest BCUT2D eigenvalue weighted by Crippen LogP contribution is 2.26. The fraction of sp³-hybridized carbons (Fsp3) is 0.273. The zero-order valence-electron chi connectivity index (χ0n) is 15.1. The minimum atomic E-state index is 0.0945. The molecule has 2 aromatic carbocycles. The normalized spacial score (nSPS) is 15.6. The molecule has 0 aliphatic carbocycles. The Morgan fingerprint density at radius 1 is 1.11 bits per heavy atom. The Labute approximate surface area is 157 Å². The number of H-pyrrole nitrogens is 2. The molecule has 5 rings (SSSR count). The Morgan fingerprint density at radius 3 is 2.74 bits per heavy atom. The molecule has 1 saturated heterocycles. The van der Waals surface area contributed by atoms with Gasteiger partial charge in [-0.1, -0.05) is 30.3 Å². The molecule has 27 heavy (non-hydrogen) atoms. The van der Waals surface area contributed by atoms with Gasteiger partial charge < -0.3 is 9.88 Å². The van der Waals surface area contributed by atoms with E-state index < -0.39 is 0 Å². The van der Waals surface area contributed by atoms with Crippen molar-refractivity contribution in [2.75, 3.05) is 13.1 Å². The van der Waals surface area contributed by atoms with Crippen molar-refractivity contribution < 1.29 is 4.79 Å². The first-order valence-corrected chi connectivity index (χ1v) is 9.56. The first-order chi connectivity index (χ1) is 13.3. The quantitative estimate of drug-likeness (QED) is 0.578. The summed E-state index contributed by atoms with van der Waals surface area (Å²) in [7, 11) is 0. The molecule has 0 radical (unpaired) electrons. The number of benzene rings is 2. The maximum absolute atomic E-state index is 13.0. The fourth-order valence-corrected chi connectivity index (χ4v) is 4.19. The van der Waals surface area contributed by atoms with E-state index in [1.165, 1.54) is 5.56 Å². The highest BCUT2D eigenvalue weighted by molar-refractivity contribution is 6.08. The van der Waals surface area contributed by atoms with E-state index in [0.29, 0.717) is 11.6 Å². The number of hydrogen-bond acceptors (Lipinski definition) is 2. The van der Waals surface area contributed by atoms with E-state index >= 15 is 0 Å². The molecule has 1 fully saturated rings. The van der Waals surface area contributed by atoms with E-state index in [-0.39, 0.29) is 5.91 Å². The molecule has 0 bridgehead atoms. The second-order valence-electron chi connectivity index (χ2n) is 7.47. The molecule has 1 aliphatic rings. The van der Waals surface area contributed by atoms with Crippen LogP contribution in [0.4, 0.5) is 0 Å². The zero-order chi connectivity index (χ0) is 18.2. The first-order valence-electron chi connectivity index (χ1n) is 9.56. The zero-order valence-corrected chi connectivity index (χ0v) is 15.1. The summed E-state index contributed by atoms with van der Waals surface area (Å²) < 4.78 is 0. The average Bonchev–Trinajstić information content (AvgIpc) is 3.35. The summed E-state index contributed by atoms with van der Waals surface area (Å²) in [5.41, 5.74) is 3.99. The second-order valence-corrected chi connectivity index (χ2v) is 7.47. The van der Waals surface area contributed by atoms with E-state index in [4.69, 9.17) is 0 Å². The first kappa shape index (κ1) is 16.1. The number of likely N-dealkylation sites (tertiary alicyclic amines) is 1. The predicted octanol–water partition coefficient (Wildman–Crippen LogP) is 4.14. The lowest BCUT2D eigenvalue weighted by Crippen LogP contribution is -2.39. The molecule has 5 heteroatoms. The van der Waals surface area contributed by atoms with Crippen LogP contribution in [0.25, 0.3) is 21.8 Å². The van der Waals surface area contributed by atoms with Crippen molar-refractivity contribution in [2.24, 2.45) is 5.92 Å². The number of nitrogens with one attached hydrogen (secondary N) is 2. The number of amides is 1. The standard InChI is InChI=1S/C22H22N4O/c27-22(20-13-18-19(24-20)7-6-17-14-23-25-21(17)18)26-10-8-16(9-11-26)12-15-4-2-1-3-5-15/h1-7,13-14,16,24H,8-12H2,(H,23,25). The predicted molar refractivity (Wildman–Crippen MR) is 107 cm³/mol. The van der Waals surface area contributed by atoms with Crippen molar-refractivity contribution in [3.63, 3.8) is 0 Å². The highest BCUT2D eigenvalue weighted by Gasteiger charge is 2.25. The third kappa shape index (κ3) is 2.99. The lowest BCUT2D eigenvalue weighted by atomic mass is 9.90. The van der Waals surface area contributed by atoms with Gasteiger partial charge in [0.1, 0.15) is 5.69 Å². The van der Waals surface area contributed by atoms with E-state index in [9.17, 15) is 4.79 Å². The molecule has 2 N–H and O–H groups in total. The summed E-state index contributed by atoms with van der Waals surface area (Å²) in [5, 5.41) is 9.21. The van der Waals surface area contributed by atoms with E-state index in [1.54, 1.807) is 6.20 Å². The number of nitrogens with zero attached hydrogens (tertiary/aromatic N) is 2. The molecule has 1 amide bonds. The molecule has 5 nitrogen and oxygen atoms in total. The maximum Gasteiger partial charge on any atom is 0.270 e. The molecule has 0 saturated carbocycles. The highest BCUT2D eigenvalue weighted by atomic mass is 16.2. The maximum atomic E-state index is 13.0. The Morgan fingerprint density at radius 2 is 1.93 bits per heavy atom. The number of hydrogen-bond donors (Lipinski definition) is 2. The van der Waals surface area contributed by atoms with E-state index in [2.05, 4.69) is 45.5 Å². The molecule has 0 atom stereocenters. The minimum absolute atomic E-state index is 0.0945. The van der Waals surface area contributed by atoms with E-state index in [1.807, 2.05) is 23.1 Å². The van der Waals surface area contributed by atoms with Crippen LogP contribution in [-0.2, 0) is 6.42 Å². The topological polar surface area (TPSA) is 64.8 Å². The number of carbonyl (C=O) groups excluding carboxylic acids is 1. The molecular formula is C22H22N4O. The fourth-order valence-electron chi connectivity index (χ4n) is 4.19. The van der Waals surface area contributed by atoms with Gasteiger partial charge in [-0.15, -0.1) is 0 Å². The van der Waals surface area contributed by atoms with Crippen molar-refractivity contribution in [2.45, 2.75) is 19.3 Å². The summed E-state index contributed by atoms with van der Waals surface area (Å²) in [6, 6.07) is 16.6. The van der Waals surface area contributed by atoms with Crippen LogP contribution in [0.5, 0.6) is 0 Å². The monoisotopic (exact) mass is 358 g/mol. The van der Waals surface area contributed by atoms with Crippen LogP contribution in [-0.4, -0.2) is 39.1 Å². The van der Waals surface area contributed by atoms with Crippen molar-refractivity contribution >= 4 is 27.7 Å². The number of aromatic amines is 2. The van der Waals surface area contributed by atoms with E-state index in [0.717, 1.165) is 54.2 Å². The Balaban J connectivity index is 1.30. The summed E-state index contributed by atoms with van der Waals surface area (Å²) in [6.45, 7) is 1.65. The van der Waals surface area contributed by atoms with Crippen LogP contribution in [0, 0.1) is 5.92 Å². The number of rotatable bonds is 3. The number of fused-ring (bicyclic) bond motifs is 3. The van der Waals surface area contributed by atoms with Gasteiger partial charge in [0, 0.05) is 29.4 Å². The number of carbonyl (C=O) groups is 1. The largest absolute Gasteiger partial charge is 0.350 e. The molecular weight excluding hydrogens is 336 g/mol. The van der Waals surface area contributed by atoms with Crippen molar-refractivity contribution in [3.05, 3.63) is 66.0 Å². The Hall–Kier alpha value is -3.08. The molecule has 0 spiro atoms. The van der Waals surface area contributed by atoms with Gasteiger partial charge in [0.2, 0.25) is 0 Å². The smallest absolute Gasteiger partial charge is 0.270 e. The lowest BCUT2D eigenvalue weighted by Gasteiger charge is -2.31. The van der Waals surface area contributed by atoms with Gasteiger partial charge in [0.15, 0.2) is 0 Å². The molecule has 3 heterocycles. The van der Waals surface area contributed by atoms with Crippen molar-refractivity contribution in [1.29, 1.82) is 0 Å². The van der Waals surface area contributed by atoms with Gasteiger partial charge in [-0.3, -0.25) is 9.89 Å². The molecule has 4 aromatic rings. The van der Waals surface area contributed by atoms with Crippen LogP contribution in [0.2, 0.25) is 0 Å². The SMILES string of the molecule is O=C(c1cc2c(ccc3cn[nH]c32)[nH]1)N1CCC(Cc2ccccc2)CC1.